The van der Waals surface area contributed by atoms with Gasteiger partial charge in [0, 0.05) is 37.3 Å². The molecule has 2 fully saturated rings. The molecule has 0 bridgehead atoms. The molecule has 2 saturated heterocycles. The van der Waals surface area contributed by atoms with Crippen molar-refractivity contribution in [1.82, 2.24) is 4.90 Å². The van der Waals surface area contributed by atoms with Crippen LogP contribution < -0.4 is 10.2 Å². The van der Waals surface area contributed by atoms with Crippen LogP contribution in [0.3, 0.4) is 0 Å². The van der Waals surface area contributed by atoms with Crippen LogP contribution in [-0.2, 0) is 9.59 Å². The molecule has 34 heavy (non-hydrogen) atoms. The second-order valence-corrected chi connectivity index (χ2v) is 9.33. The first-order valence-corrected chi connectivity index (χ1v) is 12.1. The van der Waals surface area contributed by atoms with Gasteiger partial charge in [0.2, 0.25) is 11.8 Å². The molecule has 3 aromatic rings. The highest BCUT2D eigenvalue weighted by atomic mass is 35.5. The van der Waals surface area contributed by atoms with Crippen LogP contribution in [0, 0.1) is 5.92 Å². The van der Waals surface area contributed by atoms with E-state index in [9.17, 15) is 14.4 Å². The lowest BCUT2D eigenvalue weighted by Crippen LogP contribution is -2.43. The molecule has 174 valence electrons. The average Bonchev–Trinajstić information content (AvgIpc) is 3.30. The summed E-state index contributed by atoms with van der Waals surface area (Å²) in [5, 5.41) is 5.30. The van der Waals surface area contributed by atoms with E-state index in [0.29, 0.717) is 48.7 Å². The van der Waals surface area contributed by atoms with E-state index < -0.39 is 0 Å². The number of carbonyl (C=O) groups is 3. The average molecular weight is 476 g/mol. The van der Waals surface area contributed by atoms with Crippen LogP contribution in [0.25, 0.3) is 10.8 Å². The Morgan fingerprint density at radius 3 is 2.62 bits per heavy atom. The van der Waals surface area contributed by atoms with Crippen molar-refractivity contribution in [2.75, 3.05) is 29.9 Å². The summed E-state index contributed by atoms with van der Waals surface area (Å²) >= 11 is 6.35. The smallest absolute Gasteiger partial charge is 0.254 e. The number of nitrogens with one attached hydrogen (secondary N) is 1. The third kappa shape index (κ3) is 4.38. The van der Waals surface area contributed by atoms with Crippen LogP contribution in [0.4, 0.5) is 11.4 Å². The minimum Gasteiger partial charge on any atom is -0.338 e. The number of benzene rings is 3. The van der Waals surface area contributed by atoms with Crippen molar-refractivity contribution in [3.05, 3.63) is 71.2 Å². The zero-order valence-electron chi connectivity index (χ0n) is 18.8. The summed E-state index contributed by atoms with van der Waals surface area (Å²) in [6.07, 6.45) is 2.82. The summed E-state index contributed by atoms with van der Waals surface area (Å²) in [4.78, 5) is 42.1. The predicted molar refractivity (Wildman–Crippen MR) is 134 cm³/mol. The Labute approximate surface area is 203 Å². The second-order valence-electron chi connectivity index (χ2n) is 8.92. The highest BCUT2D eigenvalue weighted by molar-refractivity contribution is 6.34. The van der Waals surface area contributed by atoms with Gasteiger partial charge in [-0.25, -0.2) is 0 Å². The number of nitrogens with zero attached hydrogens (tertiary/aromatic N) is 2. The predicted octanol–water partition coefficient (Wildman–Crippen LogP) is 5.11. The topological polar surface area (TPSA) is 69.7 Å². The van der Waals surface area contributed by atoms with Gasteiger partial charge in [0.25, 0.3) is 5.91 Å². The number of hydrogen-bond donors (Lipinski definition) is 1. The number of anilines is 2. The van der Waals surface area contributed by atoms with Crippen LogP contribution in [-0.4, -0.2) is 42.3 Å². The first kappa shape index (κ1) is 22.4. The summed E-state index contributed by atoms with van der Waals surface area (Å²) in [5.74, 6) is -0.473. The third-order valence-corrected chi connectivity index (χ3v) is 7.02. The van der Waals surface area contributed by atoms with Crippen molar-refractivity contribution in [2.24, 2.45) is 5.92 Å². The number of piperidine rings is 1. The first-order chi connectivity index (χ1) is 16.5. The maximum Gasteiger partial charge on any atom is 0.254 e. The van der Waals surface area contributed by atoms with Gasteiger partial charge in [-0.05, 0) is 54.3 Å². The van der Waals surface area contributed by atoms with E-state index in [1.54, 1.807) is 28.0 Å². The molecule has 1 atom stereocenters. The normalized spacial score (nSPS) is 18.4. The number of amides is 3. The van der Waals surface area contributed by atoms with Gasteiger partial charge < -0.3 is 15.1 Å². The molecule has 3 amide bonds. The molecular weight excluding hydrogens is 450 g/mol. The van der Waals surface area contributed by atoms with Gasteiger partial charge in [-0.1, -0.05) is 48.0 Å². The molecular formula is C27H26ClN3O3. The Hall–Kier alpha value is -3.38. The SMILES string of the molecule is O=C(Nc1cc(N2CCCC2=O)ccc1Cl)C1CCCN(C(=O)c2cccc3ccccc23)C1. The Balaban J connectivity index is 1.31. The zero-order chi connectivity index (χ0) is 23.7. The van der Waals surface area contributed by atoms with Crippen LogP contribution in [0.15, 0.2) is 60.7 Å². The van der Waals surface area contributed by atoms with E-state index in [4.69, 9.17) is 11.6 Å². The van der Waals surface area contributed by atoms with Gasteiger partial charge >= 0.3 is 0 Å². The van der Waals surface area contributed by atoms with E-state index in [1.807, 2.05) is 42.5 Å². The van der Waals surface area contributed by atoms with E-state index in [1.165, 1.54) is 0 Å². The fourth-order valence-electron chi connectivity index (χ4n) is 4.89. The minimum absolute atomic E-state index is 0.0538. The van der Waals surface area contributed by atoms with Gasteiger partial charge in [-0.3, -0.25) is 14.4 Å². The first-order valence-electron chi connectivity index (χ1n) is 11.7. The second kappa shape index (κ2) is 9.47. The van der Waals surface area contributed by atoms with E-state index >= 15 is 0 Å². The molecule has 1 unspecified atom stereocenters. The van der Waals surface area contributed by atoms with Crippen LogP contribution in [0.2, 0.25) is 5.02 Å². The van der Waals surface area contributed by atoms with Gasteiger partial charge in [-0.2, -0.15) is 0 Å². The molecule has 5 rings (SSSR count). The quantitative estimate of drug-likeness (QED) is 0.570. The Kier molecular flexibility index (Phi) is 6.24. The third-order valence-electron chi connectivity index (χ3n) is 6.69. The molecule has 7 heteroatoms. The fraction of sp³-hybridized carbons (Fsp3) is 0.296. The van der Waals surface area contributed by atoms with E-state index in [2.05, 4.69) is 5.32 Å². The van der Waals surface area contributed by atoms with Crippen LogP contribution in [0.5, 0.6) is 0 Å². The number of fused-ring (bicyclic) bond motifs is 1. The lowest BCUT2D eigenvalue weighted by molar-refractivity contribution is -0.121. The van der Waals surface area contributed by atoms with Crippen molar-refractivity contribution in [1.29, 1.82) is 0 Å². The summed E-state index contributed by atoms with van der Waals surface area (Å²) < 4.78 is 0. The number of halogens is 1. The molecule has 3 aromatic carbocycles. The van der Waals surface area contributed by atoms with Crippen molar-refractivity contribution in [3.8, 4) is 0 Å². The molecule has 0 saturated carbocycles. The standard InChI is InChI=1S/C27H26ClN3O3/c28-23-13-12-20(31-15-5-11-25(31)32)16-24(23)29-26(33)19-8-4-14-30(17-19)27(34)22-10-3-7-18-6-1-2-9-21(18)22/h1-3,6-7,9-10,12-13,16,19H,4-5,8,11,14-15,17H2,(H,29,33). The Morgan fingerprint density at radius 2 is 1.79 bits per heavy atom. The number of carbonyl (C=O) groups excluding carboxylic acids is 3. The highest BCUT2D eigenvalue weighted by Crippen LogP contribution is 2.31. The van der Waals surface area contributed by atoms with Crippen molar-refractivity contribution >= 4 is 51.5 Å². The fourth-order valence-corrected chi connectivity index (χ4v) is 5.06. The minimum atomic E-state index is -0.333. The monoisotopic (exact) mass is 475 g/mol. The molecule has 2 heterocycles. The number of rotatable bonds is 4. The largest absolute Gasteiger partial charge is 0.338 e. The molecule has 2 aliphatic rings. The summed E-state index contributed by atoms with van der Waals surface area (Å²) in [6, 6.07) is 18.8. The van der Waals surface area contributed by atoms with Crippen molar-refractivity contribution in [3.63, 3.8) is 0 Å². The van der Waals surface area contributed by atoms with Gasteiger partial charge in [0.15, 0.2) is 0 Å². The molecule has 2 aliphatic heterocycles. The maximum atomic E-state index is 13.4. The van der Waals surface area contributed by atoms with E-state index in [-0.39, 0.29) is 23.6 Å². The molecule has 0 aromatic heterocycles. The molecule has 6 nitrogen and oxygen atoms in total. The maximum absolute atomic E-state index is 13.4. The van der Waals surface area contributed by atoms with Gasteiger partial charge in [0.05, 0.1) is 16.6 Å². The number of hydrogen-bond acceptors (Lipinski definition) is 3. The highest BCUT2D eigenvalue weighted by Gasteiger charge is 2.30. The molecule has 0 spiro atoms. The Morgan fingerprint density at radius 1 is 0.971 bits per heavy atom. The lowest BCUT2D eigenvalue weighted by Gasteiger charge is -2.32. The van der Waals surface area contributed by atoms with Crippen molar-refractivity contribution < 1.29 is 14.4 Å². The summed E-state index contributed by atoms with van der Waals surface area (Å²) in [6.45, 7) is 1.65. The summed E-state index contributed by atoms with van der Waals surface area (Å²) in [5.41, 5.74) is 1.88. The lowest BCUT2D eigenvalue weighted by atomic mass is 9.95. The van der Waals surface area contributed by atoms with Crippen LogP contribution in [0.1, 0.15) is 36.0 Å². The molecule has 0 radical (unpaired) electrons. The van der Waals surface area contributed by atoms with Gasteiger partial charge in [-0.15, -0.1) is 0 Å². The Bertz CT molecular complexity index is 1270. The van der Waals surface area contributed by atoms with Gasteiger partial charge in [0.1, 0.15) is 0 Å². The molecule has 1 N–H and O–H groups in total. The van der Waals surface area contributed by atoms with Crippen LogP contribution >= 0.6 is 11.6 Å². The summed E-state index contributed by atoms with van der Waals surface area (Å²) in [7, 11) is 0. The number of likely N-dealkylation sites (tertiary alicyclic amines) is 1. The van der Waals surface area contributed by atoms with E-state index in [0.717, 1.165) is 29.3 Å². The van der Waals surface area contributed by atoms with Crippen molar-refractivity contribution in [2.45, 2.75) is 25.7 Å². The zero-order valence-corrected chi connectivity index (χ0v) is 19.6. The molecule has 0 aliphatic carbocycles.